The SMILES string of the molecule is COc1cccc(CNC(=O)C(=O)NCc2ccccc2OC)c1. The minimum atomic E-state index is -0.691. The van der Waals surface area contributed by atoms with Crippen LogP contribution in [-0.2, 0) is 22.7 Å². The van der Waals surface area contributed by atoms with Crippen LogP contribution in [0.1, 0.15) is 11.1 Å². The molecule has 2 amide bonds. The van der Waals surface area contributed by atoms with E-state index in [-0.39, 0.29) is 13.1 Å². The van der Waals surface area contributed by atoms with Crippen molar-refractivity contribution in [3.05, 3.63) is 59.7 Å². The molecule has 0 aromatic heterocycles. The van der Waals surface area contributed by atoms with Gasteiger partial charge >= 0.3 is 11.8 Å². The molecule has 0 aliphatic heterocycles. The molecule has 0 spiro atoms. The maximum Gasteiger partial charge on any atom is 0.309 e. The Hall–Kier alpha value is -3.02. The highest BCUT2D eigenvalue weighted by Crippen LogP contribution is 2.16. The second kappa shape index (κ2) is 8.57. The maximum absolute atomic E-state index is 11.9. The van der Waals surface area contributed by atoms with Crippen LogP contribution in [0.4, 0.5) is 0 Å². The lowest BCUT2D eigenvalue weighted by molar-refractivity contribution is -0.139. The van der Waals surface area contributed by atoms with Gasteiger partial charge in [-0.2, -0.15) is 0 Å². The number of nitrogens with one attached hydrogen (secondary N) is 2. The summed E-state index contributed by atoms with van der Waals surface area (Å²) >= 11 is 0. The smallest absolute Gasteiger partial charge is 0.309 e. The first-order chi connectivity index (χ1) is 11.6. The largest absolute Gasteiger partial charge is 0.497 e. The molecule has 6 nitrogen and oxygen atoms in total. The van der Waals surface area contributed by atoms with Crippen LogP contribution in [0.15, 0.2) is 48.5 Å². The summed E-state index contributed by atoms with van der Waals surface area (Å²) in [6.45, 7) is 0.466. The van der Waals surface area contributed by atoms with Crippen LogP contribution in [0.5, 0.6) is 11.5 Å². The zero-order valence-electron chi connectivity index (χ0n) is 13.7. The number of methoxy groups -OCH3 is 2. The Labute approximate surface area is 140 Å². The van der Waals surface area contributed by atoms with Gasteiger partial charge in [-0.05, 0) is 23.8 Å². The Balaban J connectivity index is 1.84. The van der Waals surface area contributed by atoms with Gasteiger partial charge in [-0.3, -0.25) is 9.59 Å². The van der Waals surface area contributed by atoms with Crippen molar-refractivity contribution in [3.8, 4) is 11.5 Å². The second-order valence-corrected chi connectivity index (χ2v) is 5.03. The maximum atomic E-state index is 11.9. The van der Waals surface area contributed by atoms with E-state index >= 15 is 0 Å². The number of hydrogen-bond donors (Lipinski definition) is 2. The summed E-state index contributed by atoms with van der Waals surface area (Å²) < 4.78 is 10.3. The molecule has 2 rings (SSSR count). The zero-order chi connectivity index (χ0) is 17.4. The van der Waals surface area contributed by atoms with E-state index in [1.807, 2.05) is 36.4 Å². The van der Waals surface area contributed by atoms with Gasteiger partial charge in [0, 0.05) is 18.7 Å². The first-order valence-electron chi connectivity index (χ1n) is 7.45. The fourth-order valence-electron chi connectivity index (χ4n) is 2.15. The molecule has 6 heteroatoms. The molecule has 0 bridgehead atoms. The highest BCUT2D eigenvalue weighted by atomic mass is 16.5. The molecule has 0 radical (unpaired) electrons. The molecular weight excluding hydrogens is 308 g/mol. The van der Waals surface area contributed by atoms with Gasteiger partial charge in [0.1, 0.15) is 11.5 Å². The van der Waals surface area contributed by atoms with Gasteiger partial charge in [-0.1, -0.05) is 30.3 Å². The Morgan fingerprint density at radius 1 is 0.875 bits per heavy atom. The molecule has 0 saturated heterocycles. The summed E-state index contributed by atoms with van der Waals surface area (Å²) in [5.74, 6) is -0.0199. The van der Waals surface area contributed by atoms with Crippen LogP contribution in [0.2, 0.25) is 0 Å². The summed E-state index contributed by atoms with van der Waals surface area (Å²) in [7, 11) is 3.13. The quantitative estimate of drug-likeness (QED) is 0.790. The Morgan fingerprint density at radius 2 is 1.58 bits per heavy atom. The first-order valence-corrected chi connectivity index (χ1v) is 7.45. The normalized spacial score (nSPS) is 9.92. The van der Waals surface area contributed by atoms with Gasteiger partial charge in [0.15, 0.2) is 0 Å². The summed E-state index contributed by atoms with van der Waals surface area (Å²) in [5.41, 5.74) is 1.65. The van der Waals surface area contributed by atoms with Gasteiger partial charge in [0.2, 0.25) is 0 Å². The predicted molar refractivity (Wildman–Crippen MR) is 89.7 cm³/mol. The topological polar surface area (TPSA) is 76.7 Å². The fourth-order valence-corrected chi connectivity index (χ4v) is 2.15. The molecule has 0 aliphatic rings. The van der Waals surface area contributed by atoms with Crippen molar-refractivity contribution in [1.29, 1.82) is 0 Å². The van der Waals surface area contributed by atoms with Crippen molar-refractivity contribution >= 4 is 11.8 Å². The molecule has 0 fully saturated rings. The highest BCUT2D eigenvalue weighted by Gasteiger charge is 2.13. The third kappa shape index (κ3) is 4.74. The van der Waals surface area contributed by atoms with E-state index in [0.717, 1.165) is 11.1 Å². The molecule has 0 aliphatic carbocycles. The number of benzene rings is 2. The molecule has 24 heavy (non-hydrogen) atoms. The molecule has 0 atom stereocenters. The Bertz CT molecular complexity index is 716. The van der Waals surface area contributed by atoms with Crippen molar-refractivity contribution in [2.24, 2.45) is 0 Å². The van der Waals surface area contributed by atoms with E-state index in [4.69, 9.17) is 9.47 Å². The van der Waals surface area contributed by atoms with Gasteiger partial charge in [-0.25, -0.2) is 0 Å². The van der Waals surface area contributed by atoms with E-state index in [9.17, 15) is 9.59 Å². The van der Waals surface area contributed by atoms with Crippen LogP contribution in [0.25, 0.3) is 0 Å². The van der Waals surface area contributed by atoms with Crippen LogP contribution in [0, 0.1) is 0 Å². The standard InChI is InChI=1S/C18H20N2O4/c1-23-15-8-5-6-13(10-15)11-19-17(21)18(22)20-12-14-7-3-4-9-16(14)24-2/h3-10H,11-12H2,1-2H3,(H,19,21)(H,20,22). The average Bonchev–Trinajstić information content (AvgIpc) is 2.64. The molecule has 126 valence electrons. The molecule has 0 saturated carbocycles. The van der Waals surface area contributed by atoms with E-state index in [1.54, 1.807) is 26.4 Å². The third-order valence-electron chi connectivity index (χ3n) is 3.43. The van der Waals surface area contributed by atoms with Crippen LogP contribution < -0.4 is 20.1 Å². The number of hydrogen-bond acceptors (Lipinski definition) is 4. The van der Waals surface area contributed by atoms with Gasteiger partial charge in [-0.15, -0.1) is 0 Å². The van der Waals surface area contributed by atoms with Gasteiger partial charge < -0.3 is 20.1 Å². The predicted octanol–water partition coefficient (Wildman–Crippen LogP) is 1.64. The third-order valence-corrected chi connectivity index (χ3v) is 3.43. The van der Waals surface area contributed by atoms with E-state index in [2.05, 4.69) is 10.6 Å². The number of ether oxygens (including phenoxy) is 2. The van der Waals surface area contributed by atoms with E-state index in [1.165, 1.54) is 0 Å². The van der Waals surface area contributed by atoms with Gasteiger partial charge in [0.05, 0.1) is 14.2 Å². The second-order valence-electron chi connectivity index (χ2n) is 5.03. The van der Waals surface area contributed by atoms with E-state index < -0.39 is 11.8 Å². The summed E-state index contributed by atoms with van der Waals surface area (Å²) in [4.78, 5) is 23.7. The first kappa shape index (κ1) is 17.3. The van der Waals surface area contributed by atoms with Crippen molar-refractivity contribution in [2.45, 2.75) is 13.1 Å². The monoisotopic (exact) mass is 328 g/mol. The minimum absolute atomic E-state index is 0.218. The van der Waals surface area contributed by atoms with Crippen LogP contribution >= 0.6 is 0 Å². The molecule has 2 aromatic carbocycles. The van der Waals surface area contributed by atoms with Crippen molar-refractivity contribution in [2.75, 3.05) is 14.2 Å². The molecular formula is C18H20N2O4. The Morgan fingerprint density at radius 3 is 2.29 bits per heavy atom. The summed E-state index contributed by atoms with van der Waals surface area (Å²) in [6, 6.07) is 14.6. The number of carbonyl (C=O) groups excluding carboxylic acids is 2. The number of rotatable bonds is 6. The molecule has 2 N–H and O–H groups in total. The van der Waals surface area contributed by atoms with E-state index in [0.29, 0.717) is 11.5 Å². The summed E-state index contributed by atoms with van der Waals surface area (Å²) in [5, 5.41) is 5.15. The Kier molecular flexibility index (Phi) is 6.19. The number of para-hydroxylation sites is 1. The lowest BCUT2D eigenvalue weighted by Gasteiger charge is -2.10. The van der Waals surface area contributed by atoms with Crippen molar-refractivity contribution < 1.29 is 19.1 Å². The lowest BCUT2D eigenvalue weighted by atomic mass is 10.2. The lowest BCUT2D eigenvalue weighted by Crippen LogP contribution is -2.39. The molecule has 0 heterocycles. The van der Waals surface area contributed by atoms with Crippen LogP contribution in [0.3, 0.4) is 0 Å². The number of amides is 2. The van der Waals surface area contributed by atoms with Crippen molar-refractivity contribution in [3.63, 3.8) is 0 Å². The molecule has 2 aromatic rings. The highest BCUT2D eigenvalue weighted by molar-refractivity contribution is 6.35. The zero-order valence-corrected chi connectivity index (χ0v) is 13.7. The van der Waals surface area contributed by atoms with Gasteiger partial charge in [0.25, 0.3) is 0 Å². The number of carbonyl (C=O) groups is 2. The fraction of sp³-hybridized carbons (Fsp3) is 0.222. The average molecular weight is 328 g/mol. The summed E-state index contributed by atoms with van der Waals surface area (Å²) in [6.07, 6.45) is 0. The minimum Gasteiger partial charge on any atom is -0.497 e. The van der Waals surface area contributed by atoms with Crippen LogP contribution in [-0.4, -0.2) is 26.0 Å². The molecule has 0 unspecified atom stereocenters. The van der Waals surface area contributed by atoms with Crippen molar-refractivity contribution in [1.82, 2.24) is 10.6 Å².